The first-order valence-electron chi connectivity index (χ1n) is 6.00. The fourth-order valence-corrected chi connectivity index (χ4v) is 0.784. The zero-order valence-corrected chi connectivity index (χ0v) is 10.8. The molecule has 0 spiro atoms. The number of esters is 1. The molecule has 0 aromatic carbocycles. The van der Waals surface area contributed by atoms with Gasteiger partial charge in [-0.2, -0.15) is 0 Å². The van der Waals surface area contributed by atoms with Gasteiger partial charge in [-0.15, -0.1) is 0 Å². The number of unbranched alkanes of at least 4 members (excludes halogenated alkanes) is 2. The fourth-order valence-electron chi connectivity index (χ4n) is 0.784. The quantitative estimate of drug-likeness (QED) is 0.516. The minimum absolute atomic E-state index is 0.0976. The smallest absolute Gasteiger partial charge is 0.302 e. The summed E-state index contributed by atoms with van der Waals surface area (Å²) in [6.45, 7) is 7.59. The Labute approximate surface area is 98.9 Å². The van der Waals surface area contributed by atoms with E-state index >= 15 is 0 Å². The van der Waals surface area contributed by atoms with Crippen molar-refractivity contribution in [1.82, 2.24) is 0 Å². The summed E-state index contributed by atoms with van der Waals surface area (Å²) in [5.41, 5.74) is 0. The minimum Gasteiger partial charge on any atom is -0.463 e. The molecule has 0 aliphatic rings. The predicted molar refractivity (Wildman–Crippen MR) is 64.4 cm³/mol. The zero-order chi connectivity index (χ0) is 12.6. The second-order valence-electron chi connectivity index (χ2n) is 3.38. The average molecular weight is 234 g/mol. The molecule has 0 unspecified atom stereocenters. The highest BCUT2D eigenvalue weighted by molar-refractivity contribution is 5.65. The van der Waals surface area contributed by atoms with Gasteiger partial charge in [-0.25, -0.2) is 0 Å². The molecule has 98 valence electrons. The molecule has 0 aliphatic carbocycles. The van der Waals surface area contributed by atoms with Crippen LogP contribution in [0.25, 0.3) is 0 Å². The van der Waals surface area contributed by atoms with E-state index in [-0.39, 0.29) is 19.2 Å². The van der Waals surface area contributed by atoms with Crippen molar-refractivity contribution in [3.8, 4) is 0 Å². The van der Waals surface area contributed by atoms with Gasteiger partial charge in [-0.1, -0.05) is 26.7 Å². The van der Waals surface area contributed by atoms with E-state index in [0.717, 1.165) is 13.2 Å². The van der Waals surface area contributed by atoms with Crippen molar-refractivity contribution in [2.75, 3.05) is 26.4 Å². The molecule has 0 atom stereocenters. The molecule has 0 rings (SSSR count). The Morgan fingerprint density at radius 3 is 1.81 bits per heavy atom. The predicted octanol–water partition coefficient (Wildman–Crippen LogP) is 2.15. The van der Waals surface area contributed by atoms with E-state index in [1.165, 1.54) is 32.6 Å². The number of aliphatic hydroxyl groups excluding tert-OH is 1. The highest BCUT2D eigenvalue weighted by atomic mass is 16.5. The van der Waals surface area contributed by atoms with Gasteiger partial charge in [0.15, 0.2) is 0 Å². The molecule has 0 saturated heterocycles. The first-order valence-corrected chi connectivity index (χ1v) is 6.00. The van der Waals surface area contributed by atoms with Crippen molar-refractivity contribution in [3.63, 3.8) is 0 Å². The van der Waals surface area contributed by atoms with Crippen LogP contribution in [0.15, 0.2) is 0 Å². The molecular formula is C12H26O4. The number of carbonyl (C=O) groups is 1. The lowest BCUT2D eigenvalue weighted by Crippen LogP contribution is -2.03. The Morgan fingerprint density at radius 2 is 1.56 bits per heavy atom. The van der Waals surface area contributed by atoms with E-state index in [2.05, 4.69) is 18.6 Å². The lowest BCUT2D eigenvalue weighted by molar-refractivity contribution is -0.141. The van der Waals surface area contributed by atoms with Crippen LogP contribution in [0.4, 0.5) is 0 Å². The van der Waals surface area contributed by atoms with Crippen LogP contribution in [0, 0.1) is 0 Å². The van der Waals surface area contributed by atoms with Crippen molar-refractivity contribution in [2.45, 2.75) is 46.5 Å². The van der Waals surface area contributed by atoms with Gasteiger partial charge in [0, 0.05) is 20.1 Å². The number of rotatable bonds is 8. The first kappa shape index (κ1) is 17.8. The van der Waals surface area contributed by atoms with Crippen molar-refractivity contribution in [2.24, 2.45) is 0 Å². The molecule has 0 radical (unpaired) electrons. The molecule has 0 saturated carbocycles. The van der Waals surface area contributed by atoms with Gasteiger partial charge in [0.1, 0.15) is 6.61 Å². The second-order valence-corrected chi connectivity index (χ2v) is 3.38. The van der Waals surface area contributed by atoms with E-state index in [9.17, 15) is 4.79 Å². The minimum atomic E-state index is -0.353. The SMILES string of the molecule is CC(=O)OCCO.CCCCOCCCC. The number of hydrogen-bond acceptors (Lipinski definition) is 4. The van der Waals surface area contributed by atoms with Crippen LogP contribution >= 0.6 is 0 Å². The van der Waals surface area contributed by atoms with E-state index in [4.69, 9.17) is 9.84 Å². The van der Waals surface area contributed by atoms with E-state index < -0.39 is 0 Å². The summed E-state index contributed by atoms with van der Waals surface area (Å²) in [5.74, 6) is -0.353. The van der Waals surface area contributed by atoms with Gasteiger partial charge in [-0.05, 0) is 12.8 Å². The van der Waals surface area contributed by atoms with Crippen LogP contribution in [0.3, 0.4) is 0 Å². The standard InChI is InChI=1S/C8H18O.C4H8O3/c1-3-5-7-9-8-6-4-2;1-4(6)7-3-2-5/h3-8H2,1-2H3;5H,2-3H2,1H3. The maximum Gasteiger partial charge on any atom is 0.302 e. The van der Waals surface area contributed by atoms with Crippen LogP contribution in [-0.4, -0.2) is 37.5 Å². The summed E-state index contributed by atoms with van der Waals surface area (Å²) in [6.07, 6.45) is 4.91. The lowest BCUT2D eigenvalue weighted by atomic mass is 10.3. The third kappa shape index (κ3) is 23.3. The van der Waals surface area contributed by atoms with Gasteiger partial charge in [-0.3, -0.25) is 4.79 Å². The molecular weight excluding hydrogens is 208 g/mol. The van der Waals surface area contributed by atoms with Crippen molar-refractivity contribution >= 4 is 5.97 Å². The molecule has 16 heavy (non-hydrogen) atoms. The molecule has 0 aliphatic heterocycles. The molecule has 0 fully saturated rings. The Kier molecular flexibility index (Phi) is 18.7. The Morgan fingerprint density at radius 1 is 1.06 bits per heavy atom. The Bertz CT molecular complexity index is 131. The van der Waals surface area contributed by atoms with Crippen LogP contribution in [0.1, 0.15) is 46.5 Å². The molecule has 0 bridgehead atoms. The summed E-state index contributed by atoms with van der Waals surface area (Å²) in [4.78, 5) is 9.87. The molecule has 0 aromatic rings. The van der Waals surface area contributed by atoms with Crippen molar-refractivity contribution < 1.29 is 19.4 Å². The normalized spacial score (nSPS) is 9.25. The van der Waals surface area contributed by atoms with E-state index in [1.54, 1.807) is 0 Å². The maximum atomic E-state index is 9.87. The monoisotopic (exact) mass is 234 g/mol. The summed E-state index contributed by atoms with van der Waals surface area (Å²) < 4.78 is 9.62. The largest absolute Gasteiger partial charge is 0.463 e. The van der Waals surface area contributed by atoms with E-state index in [1.807, 2.05) is 0 Å². The first-order chi connectivity index (χ1) is 7.68. The Balaban J connectivity index is 0. The highest BCUT2D eigenvalue weighted by Crippen LogP contribution is 1.91. The van der Waals surface area contributed by atoms with Gasteiger partial charge in [0.2, 0.25) is 0 Å². The highest BCUT2D eigenvalue weighted by Gasteiger charge is 1.86. The average Bonchev–Trinajstić information content (AvgIpc) is 2.27. The maximum absolute atomic E-state index is 9.87. The van der Waals surface area contributed by atoms with Gasteiger partial charge in [0.05, 0.1) is 6.61 Å². The Hall–Kier alpha value is -0.610. The number of hydrogen-bond donors (Lipinski definition) is 1. The summed E-state index contributed by atoms with van der Waals surface area (Å²) in [6, 6.07) is 0. The fraction of sp³-hybridized carbons (Fsp3) is 0.917. The summed E-state index contributed by atoms with van der Waals surface area (Å²) in [7, 11) is 0. The van der Waals surface area contributed by atoms with Crippen molar-refractivity contribution in [3.05, 3.63) is 0 Å². The topological polar surface area (TPSA) is 55.8 Å². The van der Waals surface area contributed by atoms with Crippen LogP contribution in [0.5, 0.6) is 0 Å². The number of ether oxygens (including phenoxy) is 2. The van der Waals surface area contributed by atoms with Crippen LogP contribution in [-0.2, 0) is 14.3 Å². The zero-order valence-electron chi connectivity index (χ0n) is 10.8. The molecule has 4 nitrogen and oxygen atoms in total. The third-order valence-corrected chi connectivity index (χ3v) is 1.68. The van der Waals surface area contributed by atoms with Gasteiger partial charge in [0.25, 0.3) is 0 Å². The van der Waals surface area contributed by atoms with Crippen LogP contribution in [0.2, 0.25) is 0 Å². The van der Waals surface area contributed by atoms with Crippen LogP contribution < -0.4 is 0 Å². The molecule has 1 N–H and O–H groups in total. The summed E-state index contributed by atoms with van der Waals surface area (Å²) >= 11 is 0. The van der Waals surface area contributed by atoms with E-state index in [0.29, 0.717) is 0 Å². The second kappa shape index (κ2) is 16.8. The molecule has 0 amide bonds. The lowest BCUT2D eigenvalue weighted by Gasteiger charge is -1.99. The number of carbonyl (C=O) groups excluding carboxylic acids is 1. The number of aliphatic hydroxyl groups is 1. The van der Waals surface area contributed by atoms with Gasteiger partial charge < -0.3 is 14.6 Å². The molecule has 4 heteroatoms. The van der Waals surface area contributed by atoms with Gasteiger partial charge >= 0.3 is 5.97 Å². The molecule has 0 heterocycles. The molecule has 0 aromatic heterocycles. The third-order valence-electron chi connectivity index (χ3n) is 1.68. The van der Waals surface area contributed by atoms with Crippen molar-refractivity contribution in [1.29, 1.82) is 0 Å². The summed E-state index contributed by atoms with van der Waals surface area (Å²) in [5, 5.41) is 8.04.